The van der Waals surface area contributed by atoms with Crippen LogP contribution in [0.15, 0.2) is 35.2 Å². The van der Waals surface area contributed by atoms with Crippen molar-refractivity contribution in [2.45, 2.75) is 17.9 Å². The van der Waals surface area contributed by atoms with Crippen molar-refractivity contribution in [2.75, 3.05) is 6.54 Å². The Morgan fingerprint density at radius 2 is 1.84 bits per heavy atom. The molecule has 0 unspecified atom stereocenters. The summed E-state index contributed by atoms with van der Waals surface area (Å²) in [5.41, 5.74) is 0. The number of amides is 1. The van der Waals surface area contributed by atoms with E-state index in [0.29, 0.717) is 0 Å². The topological polar surface area (TPSA) is 113 Å². The van der Waals surface area contributed by atoms with Crippen LogP contribution in [0, 0.1) is 0 Å². The highest BCUT2D eigenvalue weighted by atomic mass is 32.2. The quantitative estimate of drug-likeness (QED) is 0.656. The van der Waals surface area contributed by atoms with Crippen LogP contribution in [0.1, 0.15) is 6.92 Å². The summed E-state index contributed by atoms with van der Waals surface area (Å²) in [6.07, 6.45) is 0. The molecule has 0 aliphatic carbocycles. The van der Waals surface area contributed by atoms with Crippen molar-refractivity contribution in [3.05, 3.63) is 30.3 Å². The van der Waals surface area contributed by atoms with Crippen LogP contribution in [0.25, 0.3) is 0 Å². The van der Waals surface area contributed by atoms with Gasteiger partial charge in [-0.3, -0.25) is 9.59 Å². The highest BCUT2D eigenvalue weighted by Crippen LogP contribution is 2.06. The van der Waals surface area contributed by atoms with Crippen molar-refractivity contribution in [3.8, 4) is 0 Å². The van der Waals surface area contributed by atoms with Gasteiger partial charge in [-0.15, -0.1) is 0 Å². The maximum Gasteiger partial charge on any atom is 0.325 e. The predicted molar refractivity (Wildman–Crippen MR) is 66.9 cm³/mol. The molecule has 3 N–H and O–H groups in total. The third kappa shape index (κ3) is 4.68. The van der Waals surface area contributed by atoms with Crippen LogP contribution in [-0.4, -0.2) is 38.0 Å². The predicted octanol–water partition coefficient (Wildman–Crippen LogP) is -0.446. The molecule has 19 heavy (non-hydrogen) atoms. The van der Waals surface area contributed by atoms with E-state index in [1.165, 1.54) is 19.1 Å². The Morgan fingerprint density at radius 1 is 1.26 bits per heavy atom. The number of carboxylic acid groups (broad SMARTS) is 1. The molecule has 1 amide bonds. The van der Waals surface area contributed by atoms with Gasteiger partial charge >= 0.3 is 5.97 Å². The molecular formula is C11H14N2O5S. The van der Waals surface area contributed by atoms with Gasteiger partial charge in [0.05, 0.1) is 11.4 Å². The number of hydrogen-bond acceptors (Lipinski definition) is 4. The van der Waals surface area contributed by atoms with Gasteiger partial charge in [-0.05, 0) is 19.1 Å². The van der Waals surface area contributed by atoms with Crippen LogP contribution >= 0.6 is 0 Å². The summed E-state index contributed by atoms with van der Waals surface area (Å²) in [6.45, 7) is 0.765. The molecule has 0 spiro atoms. The first-order valence-corrected chi connectivity index (χ1v) is 6.88. The molecule has 104 valence electrons. The summed E-state index contributed by atoms with van der Waals surface area (Å²) in [6, 6.07) is 6.48. The Kier molecular flexibility index (Phi) is 5.02. The minimum Gasteiger partial charge on any atom is -0.480 e. The molecule has 0 bridgehead atoms. The number of aliphatic carboxylic acids is 1. The molecule has 8 heteroatoms. The van der Waals surface area contributed by atoms with E-state index < -0.39 is 34.5 Å². The van der Waals surface area contributed by atoms with Crippen molar-refractivity contribution >= 4 is 21.9 Å². The average molecular weight is 286 g/mol. The van der Waals surface area contributed by atoms with Crippen LogP contribution in [-0.2, 0) is 19.6 Å². The summed E-state index contributed by atoms with van der Waals surface area (Å²) >= 11 is 0. The molecule has 1 aromatic carbocycles. The normalized spacial score (nSPS) is 12.7. The van der Waals surface area contributed by atoms with E-state index in [-0.39, 0.29) is 4.90 Å². The molecule has 1 rings (SSSR count). The van der Waals surface area contributed by atoms with Crippen molar-refractivity contribution < 1.29 is 23.1 Å². The van der Waals surface area contributed by atoms with Gasteiger partial charge in [0.25, 0.3) is 0 Å². The first kappa shape index (κ1) is 15.1. The summed E-state index contributed by atoms with van der Waals surface area (Å²) < 4.78 is 25.6. The second kappa shape index (κ2) is 6.30. The number of carbonyl (C=O) groups is 2. The molecule has 0 aromatic heterocycles. The fourth-order valence-electron chi connectivity index (χ4n) is 1.20. The zero-order valence-corrected chi connectivity index (χ0v) is 11.0. The smallest absolute Gasteiger partial charge is 0.325 e. The van der Waals surface area contributed by atoms with Crippen LogP contribution in [0.5, 0.6) is 0 Å². The fourth-order valence-corrected chi connectivity index (χ4v) is 2.20. The summed E-state index contributed by atoms with van der Waals surface area (Å²) in [7, 11) is -3.77. The number of carboxylic acids is 1. The molecule has 1 atom stereocenters. The first-order chi connectivity index (χ1) is 8.83. The number of rotatable bonds is 6. The number of carbonyl (C=O) groups excluding carboxylic acids is 1. The molecule has 0 heterocycles. The van der Waals surface area contributed by atoms with Crippen LogP contribution in [0.2, 0.25) is 0 Å². The molecule has 0 aliphatic rings. The Morgan fingerprint density at radius 3 is 2.37 bits per heavy atom. The summed E-state index contributed by atoms with van der Waals surface area (Å²) in [5, 5.41) is 10.7. The third-order valence-corrected chi connectivity index (χ3v) is 3.64. The molecule has 7 nitrogen and oxygen atoms in total. The Labute approximate surface area is 110 Å². The SMILES string of the molecule is C[C@@H](NC(=O)CNS(=O)(=O)c1ccccc1)C(=O)O. The minimum absolute atomic E-state index is 0.0362. The van der Waals surface area contributed by atoms with Gasteiger partial charge in [0.1, 0.15) is 6.04 Å². The van der Waals surface area contributed by atoms with Gasteiger partial charge in [0.15, 0.2) is 0 Å². The maximum atomic E-state index is 11.7. The van der Waals surface area contributed by atoms with E-state index in [9.17, 15) is 18.0 Å². The molecule has 1 aromatic rings. The highest BCUT2D eigenvalue weighted by molar-refractivity contribution is 7.89. The highest BCUT2D eigenvalue weighted by Gasteiger charge is 2.17. The van der Waals surface area contributed by atoms with E-state index in [1.807, 2.05) is 0 Å². The Hall–Kier alpha value is -1.93. The lowest BCUT2D eigenvalue weighted by Gasteiger charge is -2.10. The van der Waals surface area contributed by atoms with Crippen LogP contribution in [0.3, 0.4) is 0 Å². The van der Waals surface area contributed by atoms with E-state index >= 15 is 0 Å². The monoisotopic (exact) mass is 286 g/mol. The van der Waals surface area contributed by atoms with E-state index in [2.05, 4.69) is 10.0 Å². The van der Waals surface area contributed by atoms with Gasteiger partial charge in [0, 0.05) is 0 Å². The lowest BCUT2D eigenvalue weighted by atomic mass is 10.3. The Bertz CT molecular complexity index is 556. The molecular weight excluding hydrogens is 272 g/mol. The number of benzene rings is 1. The van der Waals surface area contributed by atoms with E-state index in [1.54, 1.807) is 18.2 Å². The first-order valence-electron chi connectivity index (χ1n) is 5.40. The zero-order valence-electron chi connectivity index (χ0n) is 10.2. The molecule has 0 aliphatic heterocycles. The summed E-state index contributed by atoms with van der Waals surface area (Å²) in [4.78, 5) is 21.9. The largest absolute Gasteiger partial charge is 0.480 e. The van der Waals surface area contributed by atoms with Gasteiger partial charge in [-0.25, -0.2) is 13.1 Å². The van der Waals surface area contributed by atoms with E-state index in [0.717, 1.165) is 0 Å². The van der Waals surface area contributed by atoms with Gasteiger partial charge in [0.2, 0.25) is 15.9 Å². The standard InChI is InChI=1S/C11H14N2O5S/c1-8(11(15)16)13-10(14)7-12-19(17,18)9-5-3-2-4-6-9/h2-6,8,12H,7H2,1H3,(H,13,14)(H,15,16)/t8-/m1/s1. The van der Waals surface area contributed by atoms with Gasteiger partial charge < -0.3 is 10.4 Å². The third-order valence-electron chi connectivity index (χ3n) is 2.22. The number of nitrogens with one attached hydrogen (secondary N) is 2. The average Bonchev–Trinajstić information content (AvgIpc) is 2.37. The molecule has 0 radical (unpaired) electrons. The van der Waals surface area contributed by atoms with Crippen LogP contribution < -0.4 is 10.0 Å². The van der Waals surface area contributed by atoms with Gasteiger partial charge in [-0.2, -0.15) is 0 Å². The van der Waals surface area contributed by atoms with Crippen molar-refractivity contribution in [3.63, 3.8) is 0 Å². The number of sulfonamides is 1. The molecule has 0 fully saturated rings. The Balaban J connectivity index is 2.57. The minimum atomic E-state index is -3.77. The lowest BCUT2D eigenvalue weighted by molar-refractivity contribution is -0.141. The van der Waals surface area contributed by atoms with Crippen molar-refractivity contribution in [1.29, 1.82) is 0 Å². The maximum absolute atomic E-state index is 11.7. The second-order valence-corrected chi connectivity index (χ2v) is 5.53. The van der Waals surface area contributed by atoms with Gasteiger partial charge in [-0.1, -0.05) is 18.2 Å². The summed E-state index contributed by atoms with van der Waals surface area (Å²) in [5.74, 6) is -1.91. The second-order valence-electron chi connectivity index (χ2n) is 3.77. The fraction of sp³-hybridized carbons (Fsp3) is 0.273. The zero-order chi connectivity index (χ0) is 14.5. The number of hydrogen-bond donors (Lipinski definition) is 3. The lowest BCUT2D eigenvalue weighted by Crippen LogP contribution is -2.43. The molecule has 0 saturated carbocycles. The van der Waals surface area contributed by atoms with Crippen molar-refractivity contribution in [1.82, 2.24) is 10.0 Å². The van der Waals surface area contributed by atoms with E-state index in [4.69, 9.17) is 5.11 Å². The van der Waals surface area contributed by atoms with Crippen LogP contribution in [0.4, 0.5) is 0 Å². The molecule has 0 saturated heterocycles. The van der Waals surface area contributed by atoms with Crippen molar-refractivity contribution in [2.24, 2.45) is 0 Å².